The third kappa shape index (κ3) is 4.46. The standard InChI is InChI=1S/C15H23ClN2O/c1-12(14-6-2-3-7-15(14)16)17-10-13(19)11-18-8-4-5-9-18/h2-3,6-7,12-13,17,19H,4-5,8-11H2,1H3/t12-,13?/m0/s1. The van der Waals surface area contributed by atoms with Crippen molar-refractivity contribution < 1.29 is 5.11 Å². The maximum Gasteiger partial charge on any atom is 0.0791 e. The SMILES string of the molecule is C[C@H](NCC(O)CN1CCCC1)c1ccccc1Cl. The summed E-state index contributed by atoms with van der Waals surface area (Å²) < 4.78 is 0. The predicted octanol–water partition coefficient (Wildman–Crippen LogP) is 2.45. The first kappa shape index (κ1) is 14.8. The second-order valence-corrected chi connectivity index (χ2v) is 5.72. The van der Waals surface area contributed by atoms with Gasteiger partial charge in [-0.05, 0) is 44.5 Å². The zero-order valence-corrected chi connectivity index (χ0v) is 12.2. The normalized spacial score (nSPS) is 19.5. The molecule has 106 valence electrons. The van der Waals surface area contributed by atoms with Crippen LogP contribution in [0.5, 0.6) is 0 Å². The molecule has 1 aliphatic heterocycles. The largest absolute Gasteiger partial charge is 0.390 e. The lowest BCUT2D eigenvalue weighted by Gasteiger charge is -2.22. The van der Waals surface area contributed by atoms with E-state index in [9.17, 15) is 5.11 Å². The van der Waals surface area contributed by atoms with Gasteiger partial charge in [0.25, 0.3) is 0 Å². The molecule has 1 heterocycles. The Morgan fingerprint density at radius 2 is 2.00 bits per heavy atom. The summed E-state index contributed by atoms with van der Waals surface area (Å²) in [5.74, 6) is 0. The van der Waals surface area contributed by atoms with Crippen LogP contribution in [0.2, 0.25) is 5.02 Å². The van der Waals surface area contributed by atoms with E-state index in [1.54, 1.807) is 0 Å². The van der Waals surface area contributed by atoms with Gasteiger partial charge >= 0.3 is 0 Å². The number of nitrogens with one attached hydrogen (secondary N) is 1. The average molecular weight is 283 g/mol. The predicted molar refractivity (Wildman–Crippen MR) is 79.6 cm³/mol. The van der Waals surface area contributed by atoms with E-state index in [0.717, 1.165) is 30.2 Å². The molecule has 2 atom stereocenters. The Morgan fingerprint density at radius 1 is 1.32 bits per heavy atom. The van der Waals surface area contributed by atoms with Crippen LogP contribution in [-0.4, -0.2) is 42.3 Å². The van der Waals surface area contributed by atoms with Crippen molar-refractivity contribution in [2.75, 3.05) is 26.2 Å². The Bertz CT molecular complexity index is 393. The molecule has 19 heavy (non-hydrogen) atoms. The van der Waals surface area contributed by atoms with E-state index in [0.29, 0.717) is 6.54 Å². The van der Waals surface area contributed by atoms with Gasteiger partial charge in [-0.1, -0.05) is 29.8 Å². The maximum atomic E-state index is 10.0. The molecule has 3 nitrogen and oxygen atoms in total. The van der Waals surface area contributed by atoms with Crippen molar-refractivity contribution in [3.63, 3.8) is 0 Å². The molecule has 0 bridgehead atoms. The first-order valence-corrected chi connectivity index (χ1v) is 7.43. The van der Waals surface area contributed by atoms with Crippen LogP contribution >= 0.6 is 11.6 Å². The molecule has 1 aromatic carbocycles. The summed E-state index contributed by atoms with van der Waals surface area (Å²) in [7, 11) is 0. The molecule has 0 radical (unpaired) electrons. The first-order valence-electron chi connectivity index (χ1n) is 7.05. The number of aliphatic hydroxyl groups is 1. The van der Waals surface area contributed by atoms with E-state index in [2.05, 4.69) is 17.1 Å². The molecule has 0 saturated carbocycles. The molecule has 0 spiro atoms. The van der Waals surface area contributed by atoms with Gasteiger partial charge in [-0.3, -0.25) is 0 Å². The van der Waals surface area contributed by atoms with Crippen LogP contribution in [0.4, 0.5) is 0 Å². The van der Waals surface area contributed by atoms with Crippen LogP contribution in [0.1, 0.15) is 31.4 Å². The zero-order valence-electron chi connectivity index (χ0n) is 11.5. The van der Waals surface area contributed by atoms with Crippen molar-refractivity contribution in [2.45, 2.75) is 31.9 Å². The highest BCUT2D eigenvalue weighted by atomic mass is 35.5. The second kappa shape index (κ2) is 7.25. The van der Waals surface area contributed by atoms with Crippen molar-refractivity contribution in [1.29, 1.82) is 0 Å². The zero-order chi connectivity index (χ0) is 13.7. The molecule has 1 saturated heterocycles. The van der Waals surface area contributed by atoms with E-state index < -0.39 is 0 Å². The number of nitrogens with zero attached hydrogens (tertiary/aromatic N) is 1. The monoisotopic (exact) mass is 282 g/mol. The summed E-state index contributed by atoms with van der Waals surface area (Å²) >= 11 is 6.16. The maximum absolute atomic E-state index is 10.0. The minimum atomic E-state index is -0.317. The van der Waals surface area contributed by atoms with Gasteiger partial charge in [-0.2, -0.15) is 0 Å². The van der Waals surface area contributed by atoms with Crippen molar-refractivity contribution in [1.82, 2.24) is 10.2 Å². The molecular formula is C15H23ClN2O. The highest BCUT2D eigenvalue weighted by Gasteiger charge is 2.16. The minimum Gasteiger partial charge on any atom is -0.390 e. The summed E-state index contributed by atoms with van der Waals surface area (Å²) in [4.78, 5) is 2.33. The summed E-state index contributed by atoms with van der Waals surface area (Å²) in [5, 5.41) is 14.2. The van der Waals surface area contributed by atoms with Crippen LogP contribution in [0.25, 0.3) is 0 Å². The van der Waals surface area contributed by atoms with E-state index in [-0.39, 0.29) is 12.1 Å². The minimum absolute atomic E-state index is 0.155. The topological polar surface area (TPSA) is 35.5 Å². The van der Waals surface area contributed by atoms with Crippen molar-refractivity contribution in [3.8, 4) is 0 Å². The average Bonchev–Trinajstić information content (AvgIpc) is 2.89. The fourth-order valence-corrected chi connectivity index (χ4v) is 2.88. The number of likely N-dealkylation sites (tertiary alicyclic amines) is 1. The van der Waals surface area contributed by atoms with Gasteiger partial charge in [0.2, 0.25) is 0 Å². The van der Waals surface area contributed by atoms with Gasteiger partial charge < -0.3 is 15.3 Å². The summed E-state index contributed by atoms with van der Waals surface area (Å²) in [6.45, 7) is 5.68. The smallest absolute Gasteiger partial charge is 0.0791 e. The quantitative estimate of drug-likeness (QED) is 0.841. The molecular weight excluding hydrogens is 260 g/mol. The molecule has 1 aromatic rings. The Balaban J connectivity index is 1.76. The van der Waals surface area contributed by atoms with Crippen LogP contribution in [0, 0.1) is 0 Å². The summed E-state index contributed by atoms with van der Waals surface area (Å²) in [5.41, 5.74) is 1.08. The fourth-order valence-electron chi connectivity index (χ4n) is 2.58. The Kier molecular flexibility index (Phi) is 5.64. The fraction of sp³-hybridized carbons (Fsp3) is 0.600. The van der Waals surface area contributed by atoms with Gasteiger partial charge in [0.15, 0.2) is 0 Å². The molecule has 0 amide bonds. The number of halogens is 1. The molecule has 1 unspecified atom stereocenters. The van der Waals surface area contributed by atoms with Crippen molar-refractivity contribution >= 4 is 11.6 Å². The third-order valence-electron chi connectivity index (χ3n) is 3.70. The first-order chi connectivity index (χ1) is 9.16. The Hall–Kier alpha value is -0.610. The number of aliphatic hydroxyl groups excluding tert-OH is 1. The third-order valence-corrected chi connectivity index (χ3v) is 4.04. The Labute approximate surface area is 120 Å². The lowest BCUT2D eigenvalue weighted by atomic mass is 10.1. The molecule has 2 rings (SSSR count). The van der Waals surface area contributed by atoms with Gasteiger partial charge in [0.05, 0.1) is 6.10 Å². The highest BCUT2D eigenvalue weighted by Crippen LogP contribution is 2.21. The summed E-state index contributed by atoms with van der Waals surface area (Å²) in [6, 6.07) is 7.99. The van der Waals surface area contributed by atoms with Crippen LogP contribution in [-0.2, 0) is 0 Å². The Morgan fingerprint density at radius 3 is 2.68 bits per heavy atom. The number of benzene rings is 1. The molecule has 1 fully saturated rings. The van der Waals surface area contributed by atoms with Crippen molar-refractivity contribution in [2.24, 2.45) is 0 Å². The van der Waals surface area contributed by atoms with Gasteiger partial charge in [0, 0.05) is 24.2 Å². The van der Waals surface area contributed by atoms with E-state index in [1.165, 1.54) is 12.8 Å². The number of β-amino-alcohol motifs (C(OH)–C–C–N with tert-alkyl or cyclic N) is 1. The van der Waals surface area contributed by atoms with Crippen LogP contribution in [0.15, 0.2) is 24.3 Å². The highest BCUT2D eigenvalue weighted by molar-refractivity contribution is 6.31. The van der Waals surface area contributed by atoms with Crippen LogP contribution in [0.3, 0.4) is 0 Å². The van der Waals surface area contributed by atoms with Crippen LogP contribution < -0.4 is 5.32 Å². The molecule has 0 aliphatic carbocycles. The van der Waals surface area contributed by atoms with Gasteiger partial charge in [-0.25, -0.2) is 0 Å². The second-order valence-electron chi connectivity index (χ2n) is 5.31. The molecule has 2 N–H and O–H groups in total. The number of rotatable bonds is 6. The number of hydrogen-bond acceptors (Lipinski definition) is 3. The summed E-state index contributed by atoms with van der Waals surface area (Å²) in [6.07, 6.45) is 2.20. The molecule has 0 aromatic heterocycles. The van der Waals surface area contributed by atoms with Crippen molar-refractivity contribution in [3.05, 3.63) is 34.9 Å². The lowest BCUT2D eigenvalue weighted by molar-refractivity contribution is 0.121. The van der Waals surface area contributed by atoms with E-state index >= 15 is 0 Å². The number of hydrogen-bond donors (Lipinski definition) is 2. The van der Waals surface area contributed by atoms with Gasteiger partial charge in [-0.15, -0.1) is 0 Å². The molecule has 4 heteroatoms. The lowest BCUT2D eigenvalue weighted by Crippen LogP contribution is -2.37. The molecule has 1 aliphatic rings. The van der Waals surface area contributed by atoms with Gasteiger partial charge in [0.1, 0.15) is 0 Å². The van der Waals surface area contributed by atoms with E-state index in [1.807, 2.05) is 24.3 Å². The van der Waals surface area contributed by atoms with E-state index in [4.69, 9.17) is 11.6 Å².